The van der Waals surface area contributed by atoms with Gasteiger partial charge in [0, 0.05) is 19.0 Å². The van der Waals surface area contributed by atoms with Crippen LogP contribution in [0.2, 0.25) is 0 Å². The van der Waals surface area contributed by atoms with E-state index in [0.717, 1.165) is 25.1 Å². The molecule has 1 saturated heterocycles. The van der Waals surface area contributed by atoms with Crippen molar-refractivity contribution in [3.63, 3.8) is 0 Å². The van der Waals surface area contributed by atoms with Crippen molar-refractivity contribution in [1.82, 2.24) is 19.7 Å². The van der Waals surface area contributed by atoms with Crippen molar-refractivity contribution in [3.05, 3.63) is 72.6 Å². The number of carbonyl (C=O) groups excluding carboxylic acids is 1. The molecule has 0 saturated carbocycles. The van der Waals surface area contributed by atoms with Crippen molar-refractivity contribution in [2.24, 2.45) is 5.92 Å². The maximum atomic E-state index is 13.2. The van der Waals surface area contributed by atoms with Crippen LogP contribution in [-0.4, -0.2) is 45.3 Å². The van der Waals surface area contributed by atoms with Crippen LogP contribution in [-0.2, 0) is 0 Å². The highest BCUT2D eigenvalue weighted by Gasteiger charge is 2.26. The number of para-hydroxylation sites is 1. The fourth-order valence-corrected chi connectivity index (χ4v) is 3.49. The molecule has 2 aromatic carbocycles. The second-order valence-electron chi connectivity index (χ2n) is 6.88. The second-order valence-corrected chi connectivity index (χ2v) is 6.88. The summed E-state index contributed by atoms with van der Waals surface area (Å²) in [5, 5.41) is 4.15. The maximum Gasteiger partial charge on any atom is 0.256 e. The van der Waals surface area contributed by atoms with Gasteiger partial charge < -0.3 is 9.64 Å². The number of hydrogen-bond acceptors (Lipinski definition) is 4. The zero-order valence-electron chi connectivity index (χ0n) is 15.4. The van der Waals surface area contributed by atoms with Gasteiger partial charge in [-0.25, -0.2) is 14.1 Å². The van der Waals surface area contributed by atoms with Crippen LogP contribution in [0.4, 0.5) is 4.39 Å². The number of piperidine rings is 1. The summed E-state index contributed by atoms with van der Waals surface area (Å²) in [5.74, 6) is 0.577. The number of aromatic nitrogens is 3. The lowest BCUT2D eigenvalue weighted by atomic mass is 9.98. The Morgan fingerprint density at radius 3 is 2.79 bits per heavy atom. The summed E-state index contributed by atoms with van der Waals surface area (Å²) in [5.41, 5.74) is 1.32. The topological polar surface area (TPSA) is 60.2 Å². The normalized spacial score (nSPS) is 16.8. The number of likely N-dealkylation sites (tertiary alicyclic amines) is 1. The smallest absolute Gasteiger partial charge is 0.256 e. The van der Waals surface area contributed by atoms with Gasteiger partial charge in [-0.3, -0.25) is 4.79 Å². The standard InChI is InChI=1S/C21H21FN4O2/c22-17-7-9-18(10-8-17)28-13-16-4-3-11-25(12-16)21(27)19-5-1-2-6-20(19)26-15-23-14-24-26/h1-2,5-10,14-16H,3-4,11-13H2/t16-/m0/s1. The first-order chi connectivity index (χ1) is 13.7. The number of halogens is 1. The van der Waals surface area contributed by atoms with Crippen LogP contribution >= 0.6 is 0 Å². The zero-order chi connectivity index (χ0) is 19.3. The number of amides is 1. The number of hydrogen-bond donors (Lipinski definition) is 0. The molecule has 144 valence electrons. The Morgan fingerprint density at radius 1 is 1.18 bits per heavy atom. The van der Waals surface area contributed by atoms with Crippen LogP contribution in [0.1, 0.15) is 23.2 Å². The third kappa shape index (κ3) is 4.03. The molecule has 1 atom stereocenters. The predicted molar refractivity (Wildman–Crippen MR) is 102 cm³/mol. The van der Waals surface area contributed by atoms with E-state index in [-0.39, 0.29) is 17.6 Å². The highest BCUT2D eigenvalue weighted by molar-refractivity contribution is 5.97. The van der Waals surface area contributed by atoms with E-state index in [9.17, 15) is 9.18 Å². The quantitative estimate of drug-likeness (QED) is 0.681. The van der Waals surface area contributed by atoms with E-state index in [4.69, 9.17) is 4.74 Å². The second kappa shape index (κ2) is 8.21. The van der Waals surface area contributed by atoms with Gasteiger partial charge in [-0.15, -0.1) is 0 Å². The largest absolute Gasteiger partial charge is 0.493 e. The Kier molecular flexibility index (Phi) is 5.32. The average Bonchev–Trinajstić information content (AvgIpc) is 3.28. The first-order valence-electron chi connectivity index (χ1n) is 9.32. The molecule has 28 heavy (non-hydrogen) atoms. The SMILES string of the molecule is O=C(c1ccccc1-n1cncn1)N1CCC[C@H](COc2ccc(F)cc2)C1. The van der Waals surface area contributed by atoms with Crippen molar-refractivity contribution in [2.75, 3.05) is 19.7 Å². The van der Waals surface area contributed by atoms with Crippen LogP contribution < -0.4 is 4.74 Å². The van der Waals surface area contributed by atoms with Gasteiger partial charge in [0.25, 0.3) is 5.91 Å². The van der Waals surface area contributed by atoms with Gasteiger partial charge in [0.15, 0.2) is 0 Å². The predicted octanol–water partition coefficient (Wildman–Crippen LogP) is 3.34. The molecule has 2 heterocycles. The molecule has 0 radical (unpaired) electrons. The zero-order valence-corrected chi connectivity index (χ0v) is 15.4. The molecule has 1 aliphatic heterocycles. The molecule has 1 aliphatic rings. The third-order valence-electron chi connectivity index (χ3n) is 4.91. The Hall–Kier alpha value is -3.22. The number of rotatable bonds is 5. The highest BCUT2D eigenvalue weighted by Crippen LogP contribution is 2.22. The van der Waals surface area contributed by atoms with Gasteiger partial charge >= 0.3 is 0 Å². The monoisotopic (exact) mass is 380 g/mol. The van der Waals surface area contributed by atoms with Gasteiger partial charge in [0.1, 0.15) is 24.2 Å². The molecule has 1 amide bonds. The highest BCUT2D eigenvalue weighted by atomic mass is 19.1. The summed E-state index contributed by atoms with van der Waals surface area (Å²) < 4.78 is 20.4. The molecule has 6 nitrogen and oxygen atoms in total. The summed E-state index contributed by atoms with van der Waals surface area (Å²) in [6, 6.07) is 13.4. The number of carbonyl (C=O) groups is 1. The summed E-state index contributed by atoms with van der Waals surface area (Å²) in [7, 11) is 0. The van der Waals surface area contributed by atoms with E-state index in [0.29, 0.717) is 24.5 Å². The van der Waals surface area contributed by atoms with E-state index in [1.807, 2.05) is 29.2 Å². The molecule has 0 bridgehead atoms. The summed E-state index contributed by atoms with van der Waals surface area (Å²) in [6.45, 7) is 1.85. The van der Waals surface area contributed by atoms with Crippen LogP contribution in [0, 0.1) is 11.7 Å². The lowest BCUT2D eigenvalue weighted by Crippen LogP contribution is -2.41. The van der Waals surface area contributed by atoms with E-state index >= 15 is 0 Å². The van der Waals surface area contributed by atoms with Crippen LogP contribution in [0.5, 0.6) is 5.75 Å². The molecule has 1 fully saturated rings. The maximum absolute atomic E-state index is 13.2. The van der Waals surface area contributed by atoms with Crippen molar-refractivity contribution in [1.29, 1.82) is 0 Å². The van der Waals surface area contributed by atoms with E-state index in [2.05, 4.69) is 10.1 Å². The van der Waals surface area contributed by atoms with Gasteiger partial charge in [-0.05, 0) is 49.2 Å². The minimum absolute atomic E-state index is 0.0161. The summed E-state index contributed by atoms with van der Waals surface area (Å²) >= 11 is 0. The minimum atomic E-state index is -0.284. The van der Waals surface area contributed by atoms with Gasteiger partial charge in [-0.1, -0.05) is 12.1 Å². The first-order valence-corrected chi connectivity index (χ1v) is 9.32. The van der Waals surface area contributed by atoms with Gasteiger partial charge in [0.05, 0.1) is 17.9 Å². The van der Waals surface area contributed by atoms with E-state index in [1.54, 1.807) is 23.1 Å². The molecular formula is C21H21FN4O2. The molecule has 0 unspecified atom stereocenters. The Labute approximate surface area is 162 Å². The first kappa shape index (κ1) is 18.2. The molecule has 0 N–H and O–H groups in total. The molecular weight excluding hydrogens is 359 g/mol. The Morgan fingerprint density at radius 2 is 2.00 bits per heavy atom. The molecule has 1 aromatic heterocycles. The van der Waals surface area contributed by atoms with Crippen LogP contribution in [0.15, 0.2) is 61.2 Å². The number of nitrogens with zero attached hydrogens (tertiary/aromatic N) is 4. The molecule has 4 rings (SSSR count). The fraction of sp³-hybridized carbons (Fsp3) is 0.286. The molecule has 0 aliphatic carbocycles. The van der Waals surface area contributed by atoms with Crippen molar-refractivity contribution >= 4 is 5.91 Å². The summed E-state index contributed by atoms with van der Waals surface area (Å²) in [4.78, 5) is 19.0. The number of ether oxygens (including phenoxy) is 1. The van der Waals surface area contributed by atoms with Gasteiger partial charge in [0.2, 0.25) is 0 Å². The minimum Gasteiger partial charge on any atom is -0.493 e. The lowest BCUT2D eigenvalue weighted by molar-refractivity contribution is 0.0633. The van der Waals surface area contributed by atoms with Crippen LogP contribution in [0.25, 0.3) is 5.69 Å². The Balaban J connectivity index is 1.43. The molecule has 3 aromatic rings. The van der Waals surface area contributed by atoms with Gasteiger partial charge in [-0.2, -0.15) is 5.10 Å². The van der Waals surface area contributed by atoms with E-state index in [1.165, 1.54) is 18.5 Å². The van der Waals surface area contributed by atoms with Crippen molar-refractivity contribution < 1.29 is 13.9 Å². The average molecular weight is 380 g/mol. The lowest BCUT2D eigenvalue weighted by Gasteiger charge is -2.33. The van der Waals surface area contributed by atoms with Crippen molar-refractivity contribution in [2.45, 2.75) is 12.8 Å². The number of benzene rings is 2. The Bertz CT molecular complexity index is 928. The van der Waals surface area contributed by atoms with E-state index < -0.39 is 0 Å². The molecule has 7 heteroatoms. The fourth-order valence-electron chi connectivity index (χ4n) is 3.49. The molecule has 0 spiro atoms. The van der Waals surface area contributed by atoms with Crippen LogP contribution in [0.3, 0.4) is 0 Å². The third-order valence-corrected chi connectivity index (χ3v) is 4.91. The van der Waals surface area contributed by atoms with Crippen molar-refractivity contribution in [3.8, 4) is 11.4 Å². The summed E-state index contributed by atoms with van der Waals surface area (Å²) in [6.07, 6.45) is 4.96.